The molecule has 0 spiro atoms. The van der Waals surface area contributed by atoms with E-state index in [9.17, 15) is 9.59 Å². The summed E-state index contributed by atoms with van der Waals surface area (Å²) in [7, 11) is 2.03. The van der Waals surface area contributed by atoms with Crippen LogP contribution in [-0.2, 0) is 11.8 Å². The summed E-state index contributed by atoms with van der Waals surface area (Å²) in [5.41, 5.74) is 0.859. The van der Waals surface area contributed by atoms with Crippen molar-refractivity contribution in [2.24, 2.45) is 7.05 Å². The zero-order chi connectivity index (χ0) is 17.0. The van der Waals surface area contributed by atoms with E-state index in [0.29, 0.717) is 0 Å². The maximum absolute atomic E-state index is 12.2. The van der Waals surface area contributed by atoms with Crippen molar-refractivity contribution in [3.8, 4) is 0 Å². The van der Waals surface area contributed by atoms with Gasteiger partial charge in [-0.05, 0) is 52.3 Å². The van der Waals surface area contributed by atoms with Gasteiger partial charge in [0, 0.05) is 24.5 Å². The molecular weight excluding hydrogens is 292 g/mol. The molecule has 6 nitrogen and oxygen atoms in total. The minimum atomic E-state index is -0.435. The fourth-order valence-corrected chi connectivity index (χ4v) is 3.06. The molecule has 1 aromatic rings. The first-order valence-corrected chi connectivity index (χ1v) is 8.23. The Bertz CT molecular complexity index is 559. The summed E-state index contributed by atoms with van der Waals surface area (Å²) in [6.07, 6.45) is 5.32. The first-order chi connectivity index (χ1) is 10.8. The molecule has 1 saturated heterocycles. The molecule has 128 valence electrons. The maximum Gasteiger partial charge on any atom is 0.321 e. The van der Waals surface area contributed by atoms with E-state index in [2.05, 4.69) is 26.2 Å². The van der Waals surface area contributed by atoms with E-state index in [1.807, 2.05) is 40.1 Å². The highest BCUT2D eigenvalue weighted by molar-refractivity contribution is 5.95. The third kappa shape index (κ3) is 5.10. The number of carbonyl (C=O) groups excluding carboxylic acids is 2. The normalized spacial score (nSPS) is 19.4. The van der Waals surface area contributed by atoms with Crippen LogP contribution in [0.25, 0.3) is 0 Å². The Morgan fingerprint density at radius 2 is 2.04 bits per heavy atom. The molecule has 2 rings (SSSR count). The number of hydrogen-bond donors (Lipinski definition) is 2. The quantitative estimate of drug-likeness (QED) is 0.897. The molecule has 2 heterocycles. The second-order valence-electron chi connectivity index (χ2n) is 7.28. The van der Waals surface area contributed by atoms with Gasteiger partial charge in [-0.1, -0.05) is 6.42 Å². The second kappa shape index (κ2) is 7.17. The van der Waals surface area contributed by atoms with Crippen LogP contribution >= 0.6 is 0 Å². The zero-order valence-electron chi connectivity index (χ0n) is 14.6. The second-order valence-corrected chi connectivity index (χ2v) is 7.28. The Morgan fingerprint density at radius 1 is 1.30 bits per heavy atom. The summed E-state index contributed by atoms with van der Waals surface area (Å²) in [6.45, 7) is 6.77. The largest absolute Gasteiger partial charge is 0.353 e. The monoisotopic (exact) mass is 320 g/mol. The topological polar surface area (TPSA) is 66.4 Å². The van der Waals surface area contributed by atoms with Crippen molar-refractivity contribution >= 4 is 11.9 Å². The van der Waals surface area contributed by atoms with Crippen LogP contribution in [0.2, 0.25) is 0 Å². The van der Waals surface area contributed by atoms with Gasteiger partial charge in [0.25, 0.3) is 0 Å². The highest BCUT2D eigenvalue weighted by Crippen LogP contribution is 2.30. The molecule has 1 fully saturated rings. The van der Waals surface area contributed by atoms with Crippen LogP contribution in [0.4, 0.5) is 4.79 Å². The van der Waals surface area contributed by atoms with Gasteiger partial charge in [-0.3, -0.25) is 15.0 Å². The number of likely N-dealkylation sites (tertiary alicyclic amines) is 1. The number of rotatable bonds is 3. The van der Waals surface area contributed by atoms with Gasteiger partial charge in [0.1, 0.15) is 0 Å². The molecule has 0 radical (unpaired) electrons. The molecule has 1 aliphatic rings. The predicted molar refractivity (Wildman–Crippen MR) is 90.0 cm³/mol. The molecular formula is C17H28N4O2. The first kappa shape index (κ1) is 17.5. The maximum atomic E-state index is 12.2. The van der Waals surface area contributed by atoms with E-state index < -0.39 is 6.03 Å². The summed E-state index contributed by atoms with van der Waals surface area (Å²) >= 11 is 0. The van der Waals surface area contributed by atoms with Crippen molar-refractivity contribution in [1.82, 2.24) is 20.1 Å². The molecule has 23 heavy (non-hydrogen) atoms. The van der Waals surface area contributed by atoms with Crippen molar-refractivity contribution in [1.29, 1.82) is 0 Å². The molecule has 2 N–H and O–H groups in total. The van der Waals surface area contributed by atoms with Crippen LogP contribution in [0.15, 0.2) is 18.3 Å². The fraction of sp³-hybridized carbons (Fsp3) is 0.647. The summed E-state index contributed by atoms with van der Waals surface area (Å²) in [4.78, 5) is 26.2. The number of aromatic nitrogens is 1. The van der Waals surface area contributed by atoms with Crippen molar-refractivity contribution < 1.29 is 9.59 Å². The molecule has 1 atom stereocenters. The van der Waals surface area contributed by atoms with Gasteiger partial charge in [0.2, 0.25) is 5.91 Å². The van der Waals surface area contributed by atoms with Crippen LogP contribution in [-0.4, -0.2) is 40.0 Å². The number of carbonyl (C=O) groups is 2. The minimum absolute atomic E-state index is 0.236. The van der Waals surface area contributed by atoms with Gasteiger partial charge in [-0.2, -0.15) is 0 Å². The Kier molecular flexibility index (Phi) is 5.46. The van der Waals surface area contributed by atoms with E-state index in [4.69, 9.17) is 0 Å². The number of hydrogen-bond acceptors (Lipinski definition) is 3. The van der Waals surface area contributed by atoms with Crippen LogP contribution in [0.5, 0.6) is 0 Å². The van der Waals surface area contributed by atoms with Crippen LogP contribution in [0.3, 0.4) is 0 Å². The average Bonchev–Trinajstić information content (AvgIpc) is 2.83. The Balaban J connectivity index is 1.95. The van der Waals surface area contributed by atoms with Crippen LogP contribution in [0, 0.1) is 0 Å². The molecule has 0 aromatic carbocycles. The minimum Gasteiger partial charge on any atom is -0.353 e. The van der Waals surface area contributed by atoms with Crippen molar-refractivity contribution in [2.45, 2.75) is 51.6 Å². The lowest BCUT2D eigenvalue weighted by atomic mass is 9.99. The third-order valence-electron chi connectivity index (χ3n) is 4.03. The van der Waals surface area contributed by atoms with Gasteiger partial charge in [-0.15, -0.1) is 0 Å². The number of amides is 3. The summed E-state index contributed by atoms with van der Waals surface area (Å²) in [5.74, 6) is -0.257. The van der Waals surface area contributed by atoms with Crippen LogP contribution < -0.4 is 10.6 Å². The number of piperidine rings is 1. The van der Waals surface area contributed by atoms with Gasteiger partial charge in [0.15, 0.2) is 0 Å². The lowest BCUT2D eigenvalue weighted by Gasteiger charge is -2.35. The number of imide groups is 1. The van der Waals surface area contributed by atoms with Crippen molar-refractivity contribution in [2.75, 3.05) is 13.1 Å². The SMILES string of the molecule is Cn1cccc1[C@H]1CCCCN1CC(=O)NC(=O)NC(C)(C)C. The van der Waals surface area contributed by atoms with E-state index in [-0.39, 0.29) is 24.0 Å². The van der Waals surface area contributed by atoms with E-state index in [1.165, 1.54) is 12.1 Å². The highest BCUT2D eigenvalue weighted by Gasteiger charge is 2.27. The molecule has 1 aromatic heterocycles. The number of nitrogens with zero attached hydrogens (tertiary/aromatic N) is 2. The molecule has 1 aliphatic heterocycles. The van der Waals surface area contributed by atoms with Crippen molar-refractivity contribution in [3.05, 3.63) is 24.0 Å². The highest BCUT2D eigenvalue weighted by atomic mass is 16.2. The molecule has 3 amide bonds. The summed E-state index contributed by atoms with van der Waals surface area (Å²) in [5, 5.41) is 5.17. The standard InChI is InChI=1S/C17H28N4O2/c1-17(2,3)19-16(23)18-15(22)12-21-11-6-5-8-14(21)13-9-7-10-20(13)4/h7,9-10,14H,5-6,8,11-12H2,1-4H3,(H2,18,19,22,23)/t14-/m1/s1. The smallest absolute Gasteiger partial charge is 0.321 e. The fourth-order valence-electron chi connectivity index (χ4n) is 3.06. The molecule has 6 heteroatoms. The number of urea groups is 1. The molecule has 0 saturated carbocycles. The Labute approximate surface area is 138 Å². The number of aryl methyl sites for hydroxylation is 1. The molecule has 0 aliphatic carbocycles. The van der Waals surface area contributed by atoms with E-state index >= 15 is 0 Å². The third-order valence-corrected chi connectivity index (χ3v) is 4.03. The Hall–Kier alpha value is -1.82. The van der Waals surface area contributed by atoms with E-state index in [1.54, 1.807) is 0 Å². The first-order valence-electron chi connectivity index (χ1n) is 8.23. The average molecular weight is 320 g/mol. The summed E-state index contributed by atoms with van der Waals surface area (Å²) < 4.78 is 2.10. The Morgan fingerprint density at radius 3 is 2.65 bits per heavy atom. The van der Waals surface area contributed by atoms with Gasteiger partial charge in [0.05, 0.1) is 12.6 Å². The lowest BCUT2D eigenvalue weighted by molar-refractivity contribution is -0.122. The zero-order valence-corrected chi connectivity index (χ0v) is 14.6. The van der Waals surface area contributed by atoms with Gasteiger partial charge < -0.3 is 9.88 Å². The van der Waals surface area contributed by atoms with Gasteiger partial charge in [-0.25, -0.2) is 4.79 Å². The van der Waals surface area contributed by atoms with E-state index in [0.717, 1.165) is 19.4 Å². The van der Waals surface area contributed by atoms with Gasteiger partial charge >= 0.3 is 6.03 Å². The van der Waals surface area contributed by atoms with Crippen LogP contribution in [0.1, 0.15) is 51.8 Å². The number of nitrogens with one attached hydrogen (secondary N) is 2. The summed E-state index contributed by atoms with van der Waals surface area (Å²) in [6, 6.07) is 3.93. The molecule has 0 unspecified atom stereocenters. The lowest BCUT2D eigenvalue weighted by Crippen LogP contribution is -2.51. The molecule has 0 bridgehead atoms. The van der Waals surface area contributed by atoms with Crippen molar-refractivity contribution in [3.63, 3.8) is 0 Å². The predicted octanol–water partition coefficient (Wildman–Crippen LogP) is 2.18.